The molecule has 2 bridgehead atoms. The first-order chi connectivity index (χ1) is 21.9. The summed E-state index contributed by atoms with van der Waals surface area (Å²) in [7, 11) is 0. The van der Waals surface area contributed by atoms with Crippen molar-refractivity contribution < 1.29 is 0 Å². The molecule has 0 saturated heterocycles. The molecule has 0 N–H and O–H groups in total. The molecule has 1 fully saturated rings. The predicted octanol–water partition coefficient (Wildman–Crippen LogP) is 10.4. The normalized spacial score (nSPS) is 21.9. The summed E-state index contributed by atoms with van der Waals surface area (Å²) < 4.78 is 5.30. The maximum atomic E-state index is 2.65. The van der Waals surface area contributed by atoms with Crippen LogP contribution in [-0.4, -0.2) is 9.13 Å². The van der Waals surface area contributed by atoms with Gasteiger partial charge in [0.2, 0.25) is 0 Å². The average molecular weight is 561 g/mol. The van der Waals surface area contributed by atoms with Gasteiger partial charge in [0.25, 0.3) is 0 Å². The fraction of sp³-hybridized carbons (Fsp3) is 0.143. The molecule has 2 aliphatic carbocycles. The molecule has 2 aliphatic heterocycles. The number of para-hydroxylation sites is 2. The molecule has 2 nitrogen and oxygen atoms in total. The first-order valence-corrected chi connectivity index (χ1v) is 16.2. The van der Waals surface area contributed by atoms with E-state index in [0.29, 0.717) is 11.8 Å². The highest BCUT2D eigenvalue weighted by molar-refractivity contribution is 6.23. The van der Waals surface area contributed by atoms with Crippen LogP contribution >= 0.6 is 0 Å². The van der Waals surface area contributed by atoms with Crippen molar-refractivity contribution in [2.24, 2.45) is 5.92 Å². The van der Waals surface area contributed by atoms with Gasteiger partial charge in [-0.15, -0.1) is 0 Å². The molecule has 4 heterocycles. The van der Waals surface area contributed by atoms with Crippen LogP contribution in [0.4, 0.5) is 0 Å². The lowest BCUT2D eigenvalue weighted by molar-refractivity contribution is 0.387. The molecule has 0 amide bonds. The maximum absolute atomic E-state index is 2.65. The number of nitrogens with zero attached hydrogens (tertiary/aromatic N) is 2. The van der Waals surface area contributed by atoms with Crippen LogP contribution in [0.15, 0.2) is 121 Å². The van der Waals surface area contributed by atoms with Crippen LogP contribution in [-0.2, 0) is 5.41 Å². The Hall–Kier alpha value is -5.08. The van der Waals surface area contributed by atoms with Crippen molar-refractivity contribution >= 4 is 43.6 Å². The van der Waals surface area contributed by atoms with Gasteiger partial charge in [-0.2, -0.15) is 0 Å². The summed E-state index contributed by atoms with van der Waals surface area (Å²) in [5, 5.41) is 5.48. The molecular formula is C42H28N2. The van der Waals surface area contributed by atoms with Crippen LogP contribution in [0.1, 0.15) is 47.4 Å². The van der Waals surface area contributed by atoms with Gasteiger partial charge < -0.3 is 9.13 Å². The maximum Gasteiger partial charge on any atom is 0.0607 e. The minimum atomic E-state index is -0.179. The molecule has 44 heavy (non-hydrogen) atoms. The monoisotopic (exact) mass is 560 g/mol. The molecule has 206 valence electrons. The summed E-state index contributed by atoms with van der Waals surface area (Å²) >= 11 is 0. The fourth-order valence-electron chi connectivity index (χ4n) is 10.6. The van der Waals surface area contributed by atoms with Gasteiger partial charge in [0.15, 0.2) is 0 Å². The Labute approximate surface area is 254 Å². The first kappa shape index (κ1) is 22.5. The number of rotatable bonds is 1. The smallest absolute Gasteiger partial charge is 0.0607 e. The number of aromatic nitrogens is 2. The van der Waals surface area contributed by atoms with Gasteiger partial charge in [0.1, 0.15) is 0 Å². The van der Waals surface area contributed by atoms with Gasteiger partial charge in [-0.1, -0.05) is 97.4 Å². The van der Waals surface area contributed by atoms with Gasteiger partial charge in [-0.05, 0) is 77.3 Å². The Morgan fingerprint density at radius 2 is 1.25 bits per heavy atom. The Morgan fingerprint density at radius 1 is 0.545 bits per heavy atom. The lowest BCUT2D eigenvalue weighted by Gasteiger charge is -2.42. The zero-order valence-corrected chi connectivity index (χ0v) is 24.2. The minimum Gasteiger partial charge on any atom is -0.309 e. The van der Waals surface area contributed by atoms with Gasteiger partial charge in [0.05, 0.1) is 38.9 Å². The van der Waals surface area contributed by atoms with E-state index >= 15 is 0 Å². The largest absolute Gasteiger partial charge is 0.309 e. The molecule has 3 atom stereocenters. The Kier molecular flexibility index (Phi) is 3.75. The molecule has 0 radical (unpaired) electrons. The van der Waals surface area contributed by atoms with E-state index in [-0.39, 0.29) is 5.41 Å². The van der Waals surface area contributed by atoms with Gasteiger partial charge in [0, 0.05) is 32.7 Å². The van der Waals surface area contributed by atoms with E-state index in [1.54, 1.807) is 16.7 Å². The second-order valence-electron chi connectivity index (χ2n) is 13.5. The van der Waals surface area contributed by atoms with Crippen LogP contribution < -0.4 is 0 Å². The summed E-state index contributed by atoms with van der Waals surface area (Å²) in [4.78, 5) is 0. The molecule has 12 rings (SSSR count). The highest BCUT2D eigenvalue weighted by atomic mass is 15.0. The molecule has 2 heteroatoms. The molecule has 2 aromatic heterocycles. The second-order valence-corrected chi connectivity index (χ2v) is 13.5. The van der Waals surface area contributed by atoms with Crippen molar-refractivity contribution in [3.8, 4) is 22.5 Å². The highest BCUT2D eigenvalue weighted by Gasteiger charge is 2.60. The van der Waals surface area contributed by atoms with Crippen LogP contribution in [0.5, 0.6) is 0 Å². The van der Waals surface area contributed by atoms with Crippen LogP contribution in [0, 0.1) is 5.92 Å². The third-order valence-electron chi connectivity index (χ3n) is 11.9. The zero-order chi connectivity index (χ0) is 28.3. The second kappa shape index (κ2) is 7.34. The molecular weight excluding hydrogens is 532 g/mol. The zero-order valence-electron chi connectivity index (χ0n) is 24.2. The van der Waals surface area contributed by atoms with Crippen molar-refractivity contribution in [3.63, 3.8) is 0 Å². The summed E-state index contributed by atoms with van der Waals surface area (Å²) in [6.07, 6.45) is 3.86. The van der Waals surface area contributed by atoms with Gasteiger partial charge >= 0.3 is 0 Å². The number of hydrogen-bond acceptors (Lipinski definition) is 0. The van der Waals surface area contributed by atoms with E-state index in [2.05, 4.69) is 130 Å². The summed E-state index contributed by atoms with van der Waals surface area (Å²) in [6, 6.07) is 46.5. The number of benzene rings is 6. The Balaban J connectivity index is 1.43. The summed E-state index contributed by atoms with van der Waals surface area (Å²) in [6.45, 7) is 0. The lowest BCUT2D eigenvalue weighted by atomic mass is 9.62. The quantitative estimate of drug-likeness (QED) is 0.189. The Bertz CT molecular complexity index is 2600. The van der Waals surface area contributed by atoms with E-state index in [4.69, 9.17) is 0 Å². The number of hydrogen-bond donors (Lipinski definition) is 0. The predicted molar refractivity (Wildman–Crippen MR) is 181 cm³/mol. The van der Waals surface area contributed by atoms with Gasteiger partial charge in [-0.25, -0.2) is 0 Å². The van der Waals surface area contributed by atoms with Crippen LogP contribution in [0.3, 0.4) is 0 Å². The Morgan fingerprint density at radius 3 is 2.02 bits per heavy atom. The molecule has 4 aliphatic rings. The van der Waals surface area contributed by atoms with E-state index in [9.17, 15) is 0 Å². The van der Waals surface area contributed by atoms with E-state index in [1.807, 2.05) is 0 Å². The molecule has 8 aromatic rings. The summed E-state index contributed by atoms with van der Waals surface area (Å²) in [5.41, 5.74) is 16.8. The lowest BCUT2D eigenvalue weighted by Crippen LogP contribution is -2.37. The molecule has 1 saturated carbocycles. The van der Waals surface area contributed by atoms with E-state index < -0.39 is 0 Å². The average Bonchev–Trinajstić information content (AvgIpc) is 3.82. The van der Waals surface area contributed by atoms with Crippen LogP contribution in [0.25, 0.3) is 66.1 Å². The minimum absolute atomic E-state index is 0.179. The van der Waals surface area contributed by atoms with Crippen molar-refractivity contribution in [1.82, 2.24) is 9.13 Å². The van der Waals surface area contributed by atoms with Gasteiger partial charge in [-0.3, -0.25) is 0 Å². The summed E-state index contributed by atoms with van der Waals surface area (Å²) in [5.74, 6) is 1.15. The molecule has 3 unspecified atom stereocenters. The van der Waals surface area contributed by atoms with Crippen molar-refractivity contribution in [3.05, 3.63) is 144 Å². The topological polar surface area (TPSA) is 9.86 Å². The molecule has 1 spiro atoms. The molecule has 6 aromatic carbocycles. The van der Waals surface area contributed by atoms with Crippen molar-refractivity contribution in [2.75, 3.05) is 0 Å². The standard InChI is InChI=1S/C42H28N2/c1-2-10-24(11-3-1)26-21-20-25-22-37(26)44-35-18-7-5-13-29(35)32-23-31-28-12-4-6-17-34(28)43-36-19-9-15-30-27-14-8-16-33(27)42(25,38(30)36)39(40(31)43)41(32)44/h1-7,9-13,15,17-23,27,33H,8,14,16H2. The van der Waals surface area contributed by atoms with Crippen molar-refractivity contribution in [2.45, 2.75) is 30.6 Å². The van der Waals surface area contributed by atoms with E-state index in [0.717, 1.165) is 0 Å². The first-order valence-electron chi connectivity index (χ1n) is 16.2. The SMILES string of the molecule is c1ccc(-c2ccc3cc2-n2c4ccccc4c4cc5c6ccccc6n6c5c(c42)C32c3c(cccc3-6)C3CCCC32)cc1. The van der Waals surface area contributed by atoms with E-state index in [1.165, 1.54) is 90.9 Å². The van der Waals surface area contributed by atoms with Crippen LogP contribution in [0.2, 0.25) is 0 Å². The third kappa shape index (κ3) is 2.24. The number of fused-ring (bicyclic) bond motifs is 12. The third-order valence-corrected chi connectivity index (χ3v) is 11.9. The van der Waals surface area contributed by atoms with Crippen molar-refractivity contribution in [1.29, 1.82) is 0 Å². The highest BCUT2D eigenvalue weighted by Crippen LogP contribution is 2.69. The fourth-order valence-corrected chi connectivity index (χ4v) is 10.6.